The van der Waals surface area contributed by atoms with Gasteiger partial charge in [-0.25, -0.2) is 4.98 Å². The van der Waals surface area contributed by atoms with Crippen molar-refractivity contribution in [3.05, 3.63) is 17.2 Å². The molecule has 0 radical (unpaired) electrons. The summed E-state index contributed by atoms with van der Waals surface area (Å²) in [6.45, 7) is 3.19. The van der Waals surface area contributed by atoms with Gasteiger partial charge in [0.05, 0.1) is 5.69 Å². The zero-order chi connectivity index (χ0) is 12.3. The van der Waals surface area contributed by atoms with Crippen molar-refractivity contribution in [2.75, 3.05) is 6.61 Å². The Hall–Kier alpha value is -1.36. The van der Waals surface area contributed by atoms with E-state index in [2.05, 4.69) is 9.97 Å². The molecule has 2 N–H and O–H groups in total. The predicted molar refractivity (Wildman–Crippen MR) is 61.8 cm³/mol. The summed E-state index contributed by atoms with van der Waals surface area (Å²) in [6, 6.07) is 0. The minimum Gasteiger partial charge on any atom is -0.481 e. The van der Waals surface area contributed by atoms with Gasteiger partial charge in [-0.1, -0.05) is 6.92 Å². The Morgan fingerprint density at radius 2 is 2.47 bits per heavy atom. The molecule has 17 heavy (non-hydrogen) atoms. The summed E-state index contributed by atoms with van der Waals surface area (Å²) in [7, 11) is 0. The van der Waals surface area contributed by atoms with Crippen LogP contribution in [0.1, 0.15) is 49.3 Å². The van der Waals surface area contributed by atoms with Crippen molar-refractivity contribution >= 4 is 5.97 Å². The van der Waals surface area contributed by atoms with Crippen LogP contribution in [0.2, 0.25) is 0 Å². The summed E-state index contributed by atoms with van der Waals surface area (Å²) in [4.78, 5) is 18.6. The van der Waals surface area contributed by atoms with Crippen LogP contribution in [-0.4, -0.2) is 27.7 Å². The molecule has 0 fully saturated rings. The maximum atomic E-state index is 11.1. The first-order valence-electron chi connectivity index (χ1n) is 6.10. The number of nitrogens with zero attached hydrogens (tertiary/aromatic N) is 1. The van der Waals surface area contributed by atoms with E-state index >= 15 is 0 Å². The summed E-state index contributed by atoms with van der Waals surface area (Å²) < 4.78 is 5.40. The Balaban J connectivity index is 2.10. The van der Waals surface area contributed by atoms with E-state index < -0.39 is 11.9 Å². The number of carbonyl (C=O) groups is 1. The minimum atomic E-state index is -0.779. The second-order valence-electron chi connectivity index (χ2n) is 4.38. The van der Waals surface area contributed by atoms with E-state index in [4.69, 9.17) is 9.84 Å². The van der Waals surface area contributed by atoms with Crippen molar-refractivity contribution in [3.8, 4) is 0 Å². The van der Waals surface area contributed by atoms with Crippen LogP contribution in [0.5, 0.6) is 0 Å². The van der Waals surface area contributed by atoms with Crippen LogP contribution in [-0.2, 0) is 22.6 Å². The molecule has 2 rings (SSSR count). The number of fused-ring (bicyclic) bond motifs is 1. The number of rotatable bonds is 5. The number of imidazole rings is 1. The third-order valence-electron chi connectivity index (χ3n) is 2.99. The van der Waals surface area contributed by atoms with Crippen LogP contribution < -0.4 is 0 Å². The van der Waals surface area contributed by atoms with Gasteiger partial charge in [-0.15, -0.1) is 0 Å². The molecule has 1 aromatic rings. The quantitative estimate of drug-likeness (QED) is 0.767. The molecule has 5 nitrogen and oxygen atoms in total. The molecular formula is C12H18N2O3. The van der Waals surface area contributed by atoms with E-state index in [1.54, 1.807) is 0 Å². The van der Waals surface area contributed by atoms with Gasteiger partial charge in [0, 0.05) is 12.3 Å². The predicted octanol–water partition coefficient (Wildman–Crippen LogP) is 1.84. The van der Waals surface area contributed by atoms with E-state index in [0.29, 0.717) is 25.3 Å². The lowest BCUT2D eigenvalue weighted by Crippen LogP contribution is -2.17. The van der Waals surface area contributed by atoms with E-state index in [0.717, 1.165) is 30.8 Å². The summed E-state index contributed by atoms with van der Waals surface area (Å²) in [5.74, 6) is -0.481. The number of aryl methyl sites for hydroxylation is 1. The number of carboxylic acids is 1. The highest BCUT2D eigenvalue weighted by molar-refractivity contribution is 5.76. The van der Waals surface area contributed by atoms with Gasteiger partial charge in [0.25, 0.3) is 0 Å². The number of H-pyrrole nitrogens is 1. The molecule has 1 unspecified atom stereocenters. The van der Waals surface area contributed by atoms with Gasteiger partial charge in [0.2, 0.25) is 0 Å². The van der Waals surface area contributed by atoms with Gasteiger partial charge in [0.15, 0.2) is 0 Å². The zero-order valence-corrected chi connectivity index (χ0v) is 10.0. The van der Waals surface area contributed by atoms with Crippen molar-refractivity contribution < 1.29 is 14.6 Å². The van der Waals surface area contributed by atoms with Crippen LogP contribution in [0.15, 0.2) is 0 Å². The maximum absolute atomic E-state index is 11.1. The maximum Gasteiger partial charge on any atom is 0.312 e. The topological polar surface area (TPSA) is 75.2 Å². The molecule has 0 saturated carbocycles. The van der Waals surface area contributed by atoms with Crippen LogP contribution in [0, 0.1) is 0 Å². The summed E-state index contributed by atoms with van der Waals surface area (Å²) >= 11 is 0. The summed E-state index contributed by atoms with van der Waals surface area (Å²) in [6.07, 6.45) is 3.45. The van der Waals surface area contributed by atoms with Crippen molar-refractivity contribution in [1.82, 2.24) is 9.97 Å². The smallest absolute Gasteiger partial charge is 0.312 e. The second-order valence-corrected chi connectivity index (χ2v) is 4.38. The van der Waals surface area contributed by atoms with E-state index in [9.17, 15) is 4.79 Å². The number of aromatic nitrogens is 2. The normalized spacial score (nSPS) is 19.0. The van der Waals surface area contributed by atoms with Gasteiger partial charge in [-0.2, -0.15) is 0 Å². The molecule has 1 aliphatic carbocycles. The highest BCUT2D eigenvalue weighted by Crippen LogP contribution is 2.30. The molecule has 0 aromatic carbocycles. The van der Waals surface area contributed by atoms with Gasteiger partial charge in [-0.3, -0.25) is 4.79 Å². The molecule has 1 heterocycles. The van der Waals surface area contributed by atoms with Crippen molar-refractivity contribution in [2.45, 2.75) is 45.1 Å². The number of nitrogens with one attached hydrogen (secondary N) is 1. The second kappa shape index (κ2) is 5.31. The van der Waals surface area contributed by atoms with Crippen molar-refractivity contribution in [2.24, 2.45) is 0 Å². The van der Waals surface area contributed by atoms with Gasteiger partial charge in [-0.05, 0) is 25.7 Å². The Morgan fingerprint density at radius 3 is 3.18 bits per heavy atom. The average molecular weight is 238 g/mol. The van der Waals surface area contributed by atoms with Crippen molar-refractivity contribution in [1.29, 1.82) is 0 Å². The third-order valence-corrected chi connectivity index (χ3v) is 2.99. The molecule has 0 aliphatic heterocycles. The largest absolute Gasteiger partial charge is 0.481 e. The first-order valence-corrected chi connectivity index (χ1v) is 6.10. The molecule has 0 bridgehead atoms. The lowest BCUT2D eigenvalue weighted by Gasteiger charge is -2.16. The fourth-order valence-corrected chi connectivity index (χ4v) is 2.20. The average Bonchev–Trinajstić information content (AvgIpc) is 2.71. The lowest BCUT2D eigenvalue weighted by atomic mass is 9.90. The Kier molecular flexibility index (Phi) is 3.78. The molecule has 1 aromatic heterocycles. The summed E-state index contributed by atoms with van der Waals surface area (Å²) in [5, 5.41) is 9.12. The number of carboxylic acid groups (broad SMARTS) is 1. The standard InChI is InChI=1S/C12H18N2O3/c1-2-6-17-7-10-13-9-5-3-4-8(12(15)16)11(9)14-10/h8H,2-7H2,1H3,(H,13,14)(H,15,16). The molecule has 1 aliphatic rings. The Morgan fingerprint density at radius 1 is 1.65 bits per heavy atom. The fourth-order valence-electron chi connectivity index (χ4n) is 2.20. The van der Waals surface area contributed by atoms with E-state index in [1.807, 2.05) is 6.92 Å². The van der Waals surface area contributed by atoms with E-state index in [-0.39, 0.29) is 0 Å². The van der Waals surface area contributed by atoms with Crippen LogP contribution in [0.25, 0.3) is 0 Å². The van der Waals surface area contributed by atoms with E-state index in [1.165, 1.54) is 0 Å². The molecule has 1 atom stereocenters. The zero-order valence-electron chi connectivity index (χ0n) is 10.0. The van der Waals surface area contributed by atoms with Crippen LogP contribution in [0.4, 0.5) is 0 Å². The van der Waals surface area contributed by atoms with Crippen LogP contribution >= 0.6 is 0 Å². The number of hydrogen-bond donors (Lipinski definition) is 2. The highest BCUT2D eigenvalue weighted by Gasteiger charge is 2.29. The molecule has 0 amide bonds. The SMILES string of the molecule is CCCOCc1nc2c([nH]1)CCCC2C(=O)O. The first-order chi connectivity index (χ1) is 8.22. The molecule has 0 saturated heterocycles. The monoisotopic (exact) mass is 238 g/mol. The lowest BCUT2D eigenvalue weighted by molar-refractivity contribution is -0.139. The number of aliphatic carboxylic acids is 1. The first kappa shape index (κ1) is 12.1. The summed E-state index contributed by atoms with van der Waals surface area (Å²) in [5.41, 5.74) is 1.68. The van der Waals surface area contributed by atoms with Gasteiger partial charge >= 0.3 is 5.97 Å². The molecular weight excluding hydrogens is 220 g/mol. The Labute approximate surface area is 100 Å². The van der Waals surface area contributed by atoms with Crippen LogP contribution in [0.3, 0.4) is 0 Å². The van der Waals surface area contributed by atoms with Crippen molar-refractivity contribution in [3.63, 3.8) is 0 Å². The molecule has 0 spiro atoms. The Bertz CT molecular complexity index is 400. The number of ether oxygens (including phenoxy) is 1. The molecule has 5 heteroatoms. The highest BCUT2D eigenvalue weighted by atomic mass is 16.5. The van der Waals surface area contributed by atoms with Gasteiger partial charge < -0.3 is 14.8 Å². The molecule has 94 valence electrons. The van der Waals surface area contributed by atoms with Gasteiger partial charge in [0.1, 0.15) is 18.3 Å². The number of aromatic amines is 1. The fraction of sp³-hybridized carbons (Fsp3) is 0.667. The third kappa shape index (κ3) is 2.66. The minimum absolute atomic E-state index is 0.438. The number of hydrogen-bond acceptors (Lipinski definition) is 3.